The van der Waals surface area contributed by atoms with Crippen LogP contribution in [0, 0.1) is 12.7 Å². The molecule has 30 heavy (non-hydrogen) atoms. The molecule has 3 rings (SSSR count). The summed E-state index contributed by atoms with van der Waals surface area (Å²) in [5.74, 6) is 0.848. The van der Waals surface area contributed by atoms with Crippen molar-refractivity contribution in [3.8, 4) is 17.3 Å². The van der Waals surface area contributed by atoms with Crippen molar-refractivity contribution in [2.24, 2.45) is 0 Å². The summed E-state index contributed by atoms with van der Waals surface area (Å²) in [6, 6.07) is 15.8. The van der Waals surface area contributed by atoms with Crippen molar-refractivity contribution < 1.29 is 14.2 Å². The van der Waals surface area contributed by atoms with Gasteiger partial charge in [0.15, 0.2) is 0 Å². The summed E-state index contributed by atoms with van der Waals surface area (Å²) in [6.45, 7) is 8.14. The number of benzene rings is 2. The second-order valence-electron chi connectivity index (χ2n) is 7.47. The van der Waals surface area contributed by atoms with Crippen LogP contribution in [0.25, 0.3) is 5.69 Å². The third-order valence-corrected chi connectivity index (χ3v) is 5.03. The molecule has 1 heterocycles. The van der Waals surface area contributed by atoms with Crippen LogP contribution in [0.4, 0.5) is 4.39 Å². The first-order chi connectivity index (χ1) is 14.5. The number of aliphatic hydroxyl groups is 1. The summed E-state index contributed by atoms with van der Waals surface area (Å²) in [7, 11) is 0. The molecule has 160 valence electrons. The maximum atomic E-state index is 13.4. The maximum Gasteiger partial charge on any atom is 0.227 e. The number of ether oxygens (including phenoxy) is 1. The molecule has 0 fully saturated rings. The van der Waals surface area contributed by atoms with E-state index in [9.17, 15) is 9.50 Å². The zero-order chi connectivity index (χ0) is 21.5. The van der Waals surface area contributed by atoms with E-state index in [-0.39, 0.29) is 11.9 Å². The second-order valence-corrected chi connectivity index (χ2v) is 7.47. The molecule has 0 spiro atoms. The predicted octanol–water partition coefficient (Wildman–Crippen LogP) is 5.10. The minimum atomic E-state index is -0.373. The molecule has 1 unspecified atom stereocenters. The van der Waals surface area contributed by atoms with Crippen LogP contribution in [-0.2, 0) is 6.54 Å². The quantitative estimate of drug-likeness (QED) is 0.505. The fraction of sp³-hybridized carbons (Fsp3) is 0.375. The van der Waals surface area contributed by atoms with Crippen LogP contribution in [0.15, 0.2) is 54.6 Å². The highest BCUT2D eigenvalue weighted by Gasteiger charge is 2.22. The third kappa shape index (κ3) is 5.46. The van der Waals surface area contributed by atoms with Gasteiger partial charge in [0.1, 0.15) is 11.6 Å². The molecule has 0 saturated heterocycles. The van der Waals surface area contributed by atoms with Crippen LogP contribution in [-0.4, -0.2) is 39.0 Å². The Balaban J connectivity index is 2.00. The van der Waals surface area contributed by atoms with Crippen LogP contribution < -0.4 is 4.74 Å². The molecule has 0 aliphatic heterocycles. The van der Waals surface area contributed by atoms with E-state index in [1.54, 1.807) is 16.8 Å². The molecule has 6 heteroatoms. The van der Waals surface area contributed by atoms with Gasteiger partial charge < -0.3 is 9.84 Å². The van der Waals surface area contributed by atoms with Gasteiger partial charge in [0, 0.05) is 13.1 Å². The van der Waals surface area contributed by atoms with E-state index in [2.05, 4.69) is 11.8 Å². The van der Waals surface area contributed by atoms with Crippen LogP contribution in [0.3, 0.4) is 0 Å². The molecule has 1 N–H and O–H groups in total. The van der Waals surface area contributed by atoms with E-state index in [0.29, 0.717) is 31.1 Å². The lowest BCUT2D eigenvalue weighted by Gasteiger charge is -2.24. The number of rotatable bonds is 10. The molecular weight excluding hydrogens is 381 g/mol. The summed E-state index contributed by atoms with van der Waals surface area (Å²) in [5.41, 5.74) is 2.71. The van der Waals surface area contributed by atoms with Crippen molar-refractivity contribution in [1.29, 1.82) is 0 Å². The SMILES string of the molecule is CCCN(Cc1c(C)nn(-c2ccccc2)c1Oc1ccc(F)cc1)CC(O)CC. The topological polar surface area (TPSA) is 50.5 Å². The van der Waals surface area contributed by atoms with Gasteiger partial charge in [-0.15, -0.1) is 0 Å². The van der Waals surface area contributed by atoms with Gasteiger partial charge in [-0.2, -0.15) is 5.10 Å². The maximum absolute atomic E-state index is 13.4. The highest BCUT2D eigenvalue weighted by atomic mass is 19.1. The average Bonchev–Trinajstić information content (AvgIpc) is 3.05. The molecule has 0 bridgehead atoms. The van der Waals surface area contributed by atoms with E-state index < -0.39 is 0 Å². The lowest BCUT2D eigenvalue weighted by Crippen LogP contribution is -2.32. The Labute approximate surface area is 177 Å². The first kappa shape index (κ1) is 22.0. The van der Waals surface area contributed by atoms with Gasteiger partial charge in [-0.3, -0.25) is 4.90 Å². The highest BCUT2D eigenvalue weighted by Crippen LogP contribution is 2.31. The normalized spacial score (nSPS) is 12.3. The summed E-state index contributed by atoms with van der Waals surface area (Å²) in [4.78, 5) is 2.23. The van der Waals surface area contributed by atoms with Crippen molar-refractivity contribution in [2.75, 3.05) is 13.1 Å². The Bertz CT molecular complexity index is 926. The smallest absolute Gasteiger partial charge is 0.227 e. The number of aryl methyl sites for hydroxylation is 1. The number of aliphatic hydroxyl groups excluding tert-OH is 1. The van der Waals surface area contributed by atoms with Crippen LogP contribution in [0.5, 0.6) is 11.6 Å². The number of hydrogen-bond acceptors (Lipinski definition) is 4. The zero-order valence-corrected chi connectivity index (χ0v) is 17.9. The Kier molecular flexibility index (Phi) is 7.60. The monoisotopic (exact) mass is 411 g/mol. The summed E-state index contributed by atoms with van der Waals surface area (Å²) in [6.07, 6.45) is 1.32. The minimum Gasteiger partial charge on any atom is -0.439 e. The minimum absolute atomic E-state index is 0.307. The fourth-order valence-electron chi connectivity index (χ4n) is 3.39. The van der Waals surface area contributed by atoms with Gasteiger partial charge in [0.2, 0.25) is 5.88 Å². The molecular formula is C24H30FN3O2. The van der Waals surface area contributed by atoms with Gasteiger partial charge in [-0.1, -0.05) is 32.0 Å². The molecule has 3 aromatic rings. The van der Waals surface area contributed by atoms with Crippen LogP contribution >= 0.6 is 0 Å². The fourth-order valence-corrected chi connectivity index (χ4v) is 3.39. The Morgan fingerprint density at radius 3 is 2.43 bits per heavy atom. The summed E-state index contributed by atoms with van der Waals surface area (Å²) in [5, 5.41) is 14.9. The van der Waals surface area contributed by atoms with E-state index in [1.165, 1.54) is 12.1 Å². The summed E-state index contributed by atoms with van der Waals surface area (Å²) >= 11 is 0. The van der Waals surface area contributed by atoms with Crippen molar-refractivity contribution in [1.82, 2.24) is 14.7 Å². The zero-order valence-electron chi connectivity index (χ0n) is 17.9. The molecule has 0 aliphatic carbocycles. The van der Waals surface area contributed by atoms with Crippen molar-refractivity contribution in [3.63, 3.8) is 0 Å². The number of hydrogen-bond donors (Lipinski definition) is 1. The standard InChI is InChI=1S/C24H30FN3O2/c1-4-15-27(16-21(29)5-2)17-23-18(3)26-28(20-9-7-6-8-10-20)24(23)30-22-13-11-19(25)12-14-22/h6-14,21,29H,4-5,15-17H2,1-3H3. The highest BCUT2D eigenvalue weighted by molar-refractivity contribution is 5.43. The Morgan fingerprint density at radius 2 is 1.80 bits per heavy atom. The van der Waals surface area contributed by atoms with E-state index in [0.717, 1.165) is 29.9 Å². The largest absolute Gasteiger partial charge is 0.439 e. The third-order valence-electron chi connectivity index (χ3n) is 5.03. The van der Waals surface area contributed by atoms with E-state index >= 15 is 0 Å². The first-order valence-corrected chi connectivity index (χ1v) is 10.5. The Morgan fingerprint density at radius 1 is 1.10 bits per heavy atom. The molecule has 0 aliphatic rings. The lowest BCUT2D eigenvalue weighted by molar-refractivity contribution is 0.105. The van der Waals surface area contributed by atoms with Crippen molar-refractivity contribution in [3.05, 3.63) is 71.7 Å². The molecule has 1 atom stereocenters. The number of para-hydroxylation sites is 1. The van der Waals surface area contributed by atoms with Gasteiger partial charge in [0.05, 0.1) is 23.0 Å². The van der Waals surface area contributed by atoms with Gasteiger partial charge >= 0.3 is 0 Å². The Hall–Kier alpha value is -2.70. The van der Waals surface area contributed by atoms with Crippen molar-refractivity contribution >= 4 is 0 Å². The van der Waals surface area contributed by atoms with Gasteiger partial charge in [-0.05, 0) is 62.7 Å². The number of aromatic nitrogens is 2. The predicted molar refractivity (Wildman–Crippen MR) is 117 cm³/mol. The summed E-state index contributed by atoms with van der Waals surface area (Å²) < 4.78 is 21.4. The van der Waals surface area contributed by atoms with Crippen LogP contribution in [0.1, 0.15) is 37.9 Å². The van der Waals surface area contributed by atoms with Crippen molar-refractivity contribution in [2.45, 2.75) is 46.3 Å². The molecule has 5 nitrogen and oxygen atoms in total. The molecule has 0 radical (unpaired) electrons. The average molecular weight is 412 g/mol. The van der Waals surface area contributed by atoms with Gasteiger partial charge in [-0.25, -0.2) is 9.07 Å². The van der Waals surface area contributed by atoms with E-state index in [4.69, 9.17) is 9.84 Å². The molecule has 2 aromatic carbocycles. The van der Waals surface area contributed by atoms with E-state index in [1.807, 2.05) is 44.2 Å². The molecule has 0 saturated carbocycles. The lowest BCUT2D eigenvalue weighted by atomic mass is 10.2. The number of nitrogens with zero attached hydrogens (tertiary/aromatic N) is 3. The first-order valence-electron chi connectivity index (χ1n) is 10.5. The van der Waals surface area contributed by atoms with Crippen LogP contribution in [0.2, 0.25) is 0 Å². The number of halogens is 1. The molecule has 0 amide bonds. The van der Waals surface area contributed by atoms with Gasteiger partial charge in [0.25, 0.3) is 0 Å². The molecule has 1 aromatic heterocycles. The second kappa shape index (κ2) is 10.4.